The Morgan fingerprint density at radius 1 is 1.28 bits per heavy atom. The third-order valence-corrected chi connectivity index (χ3v) is 6.68. The van der Waals surface area contributed by atoms with Crippen molar-refractivity contribution in [2.75, 3.05) is 20.2 Å². The van der Waals surface area contributed by atoms with E-state index >= 15 is 0 Å². The summed E-state index contributed by atoms with van der Waals surface area (Å²) < 4.78 is 5.37. The van der Waals surface area contributed by atoms with E-state index < -0.39 is 5.60 Å². The van der Waals surface area contributed by atoms with Gasteiger partial charge in [-0.2, -0.15) is 0 Å². The molecule has 1 aromatic carbocycles. The number of aliphatic hydroxyl groups is 1. The van der Waals surface area contributed by atoms with Crippen molar-refractivity contribution in [1.29, 1.82) is 0 Å². The topological polar surface area (TPSA) is 49.8 Å². The van der Waals surface area contributed by atoms with Gasteiger partial charge in [0.1, 0.15) is 5.75 Å². The van der Waals surface area contributed by atoms with Gasteiger partial charge in [-0.1, -0.05) is 12.1 Å². The van der Waals surface area contributed by atoms with Gasteiger partial charge in [0, 0.05) is 24.4 Å². The van der Waals surface area contributed by atoms with Gasteiger partial charge in [-0.05, 0) is 69.1 Å². The Kier molecular flexibility index (Phi) is 3.87. The quantitative estimate of drug-likeness (QED) is 0.916. The molecule has 4 nitrogen and oxygen atoms in total. The van der Waals surface area contributed by atoms with E-state index in [0.29, 0.717) is 24.2 Å². The lowest BCUT2D eigenvalue weighted by Gasteiger charge is -2.52. The molecule has 4 heteroatoms. The maximum atomic E-state index is 12.5. The molecular formula is C21H29NO3. The van der Waals surface area contributed by atoms with E-state index in [9.17, 15) is 9.90 Å². The van der Waals surface area contributed by atoms with Gasteiger partial charge < -0.3 is 14.7 Å². The van der Waals surface area contributed by atoms with E-state index in [-0.39, 0.29) is 11.8 Å². The molecule has 0 bridgehead atoms. The maximum Gasteiger partial charge on any atom is 0.225 e. The third kappa shape index (κ3) is 2.95. The first-order chi connectivity index (χ1) is 11.8. The molecule has 1 N–H and O–H groups in total. The highest BCUT2D eigenvalue weighted by atomic mass is 16.5. The fourth-order valence-corrected chi connectivity index (χ4v) is 5.29. The lowest BCUT2D eigenvalue weighted by Crippen LogP contribution is -2.61. The van der Waals surface area contributed by atoms with Crippen LogP contribution in [0.2, 0.25) is 0 Å². The number of benzene rings is 1. The van der Waals surface area contributed by atoms with E-state index in [0.717, 1.165) is 18.8 Å². The van der Waals surface area contributed by atoms with Crippen molar-refractivity contribution in [3.8, 4) is 5.75 Å². The standard InChI is InChI=1S/C21H29NO3/c1-14-8-15(4-5-18(14)25-3)16-6-7-21(11-16)12-22(13-21)19(23)17-9-20(2,24)10-17/h4-5,8,16-17,24H,6-7,9-13H2,1-3H3. The molecule has 1 heterocycles. The van der Waals surface area contributed by atoms with Crippen LogP contribution in [-0.2, 0) is 4.79 Å². The highest BCUT2D eigenvalue weighted by molar-refractivity contribution is 5.81. The van der Waals surface area contributed by atoms with E-state index in [1.165, 1.54) is 30.4 Å². The highest BCUT2D eigenvalue weighted by Gasteiger charge is 2.53. The van der Waals surface area contributed by atoms with E-state index in [2.05, 4.69) is 25.1 Å². The summed E-state index contributed by atoms with van der Waals surface area (Å²) in [5.74, 6) is 1.87. The minimum Gasteiger partial charge on any atom is -0.496 e. The summed E-state index contributed by atoms with van der Waals surface area (Å²) in [5, 5.41) is 9.85. The lowest BCUT2D eigenvalue weighted by atomic mass is 9.69. The molecule has 0 aromatic heterocycles. The number of aryl methyl sites for hydroxylation is 1. The predicted molar refractivity (Wildman–Crippen MR) is 96.7 cm³/mol. The van der Waals surface area contributed by atoms with Crippen molar-refractivity contribution in [1.82, 2.24) is 4.90 Å². The van der Waals surface area contributed by atoms with Crippen molar-refractivity contribution >= 4 is 5.91 Å². The second kappa shape index (κ2) is 5.73. The number of amides is 1. The first-order valence-corrected chi connectivity index (χ1v) is 9.47. The Morgan fingerprint density at radius 2 is 2.00 bits per heavy atom. The Bertz CT molecular complexity index is 682. The Labute approximate surface area is 150 Å². The van der Waals surface area contributed by atoms with Gasteiger partial charge in [-0.3, -0.25) is 4.79 Å². The van der Waals surface area contributed by atoms with Crippen molar-refractivity contribution in [3.05, 3.63) is 29.3 Å². The number of rotatable bonds is 3. The van der Waals surface area contributed by atoms with Crippen molar-refractivity contribution in [2.45, 2.75) is 57.5 Å². The summed E-state index contributed by atoms with van der Waals surface area (Å²) in [6, 6.07) is 6.54. The van der Waals surface area contributed by atoms with Gasteiger partial charge in [0.15, 0.2) is 0 Å². The molecular weight excluding hydrogens is 314 g/mol. The molecule has 1 aliphatic heterocycles. The molecule has 3 fully saturated rings. The van der Waals surface area contributed by atoms with Crippen LogP contribution >= 0.6 is 0 Å². The van der Waals surface area contributed by atoms with E-state index in [1.54, 1.807) is 7.11 Å². The second-order valence-electron chi connectivity index (χ2n) is 8.97. The van der Waals surface area contributed by atoms with Crippen LogP contribution < -0.4 is 4.74 Å². The first-order valence-electron chi connectivity index (χ1n) is 9.47. The van der Waals surface area contributed by atoms with Crippen LogP contribution in [0.3, 0.4) is 0 Å². The predicted octanol–water partition coefficient (Wildman–Crippen LogP) is 3.26. The van der Waals surface area contributed by atoms with Gasteiger partial charge in [0.2, 0.25) is 5.91 Å². The third-order valence-electron chi connectivity index (χ3n) is 6.68. The van der Waals surface area contributed by atoms with Crippen molar-refractivity contribution < 1.29 is 14.6 Å². The molecule has 4 rings (SSSR count). The van der Waals surface area contributed by atoms with Gasteiger partial charge >= 0.3 is 0 Å². The molecule has 1 spiro atoms. The van der Waals surface area contributed by atoms with Crippen LogP contribution in [0.4, 0.5) is 0 Å². The molecule has 1 aromatic rings. The van der Waals surface area contributed by atoms with Gasteiger partial charge in [-0.15, -0.1) is 0 Å². The lowest BCUT2D eigenvalue weighted by molar-refractivity contribution is -0.161. The minimum absolute atomic E-state index is 0.0498. The van der Waals surface area contributed by atoms with Crippen LogP contribution in [0.15, 0.2) is 18.2 Å². The average molecular weight is 343 g/mol. The minimum atomic E-state index is -0.617. The Hall–Kier alpha value is -1.55. The molecule has 3 aliphatic rings. The molecule has 1 unspecified atom stereocenters. The first kappa shape index (κ1) is 16.9. The molecule has 0 radical (unpaired) electrons. The number of nitrogens with zero attached hydrogens (tertiary/aromatic N) is 1. The molecule has 1 saturated heterocycles. The van der Waals surface area contributed by atoms with Crippen LogP contribution in [0.1, 0.15) is 56.1 Å². The number of carbonyl (C=O) groups is 1. The molecule has 1 amide bonds. The van der Waals surface area contributed by atoms with Gasteiger partial charge in [0.05, 0.1) is 12.7 Å². The zero-order valence-corrected chi connectivity index (χ0v) is 15.5. The number of hydrogen-bond donors (Lipinski definition) is 1. The monoisotopic (exact) mass is 343 g/mol. The summed E-state index contributed by atoms with van der Waals surface area (Å²) in [6.07, 6.45) is 4.87. The van der Waals surface area contributed by atoms with Crippen molar-refractivity contribution in [3.63, 3.8) is 0 Å². The van der Waals surface area contributed by atoms with Crippen LogP contribution in [0, 0.1) is 18.3 Å². The Morgan fingerprint density at radius 3 is 2.60 bits per heavy atom. The summed E-state index contributed by atoms with van der Waals surface area (Å²) in [4.78, 5) is 14.5. The van der Waals surface area contributed by atoms with Crippen LogP contribution in [0.25, 0.3) is 0 Å². The summed E-state index contributed by atoms with van der Waals surface area (Å²) in [5.41, 5.74) is 2.33. The molecule has 25 heavy (non-hydrogen) atoms. The average Bonchev–Trinajstić information content (AvgIpc) is 2.96. The largest absolute Gasteiger partial charge is 0.496 e. The number of hydrogen-bond acceptors (Lipinski definition) is 3. The zero-order chi connectivity index (χ0) is 17.8. The fourth-order valence-electron chi connectivity index (χ4n) is 5.29. The zero-order valence-electron chi connectivity index (χ0n) is 15.5. The number of likely N-dealkylation sites (tertiary alicyclic amines) is 1. The maximum absolute atomic E-state index is 12.5. The number of carbonyl (C=O) groups excluding carboxylic acids is 1. The Balaban J connectivity index is 1.34. The molecule has 2 saturated carbocycles. The highest BCUT2D eigenvalue weighted by Crippen LogP contribution is 2.53. The van der Waals surface area contributed by atoms with Crippen LogP contribution in [-0.4, -0.2) is 41.7 Å². The smallest absolute Gasteiger partial charge is 0.225 e. The summed E-state index contributed by atoms with van der Waals surface area (Å²) in [6.45, 7) is 5.75. The van der Waals surface area contributed by atoms with E-state index in [4.69, 9.17) is 4.74 Å². The molecule has 1 atom stereocenters. The normalized spacial score (nSPS) is 33.0. The molecule has 2 aliphatic carbocycles. The van der Waals surface area contributed by atoms with E-state index in [1.807, 2.05) is 11.8 Å². The number of ether oxygens (including phenoxy) is 1. The SMILES string of the molecule is COc1ccc(C2CCC3(C2)CN(C(=O)C2CC(C)(O)C2)C3)cc1C. The second-order valence-corrected chi connectivity index (χ2v) is 8.97. The molecule has 136 valence electrons. The van der Waals surface area contributed by atoms with Gasteiger partial charge in [0.25, 0.3) is 0 Å². The summed E-state index contributed by atoms with van der Waals surface area (Å²) in [7, 11) is 1.72. The fraction of sp³-hybridized carbons (Fsp3) is 0.667. The summed E-state index contributed by atoms with van der Waals surface area (Å²) >= 11 is 0. The number of methoxy groups -OCH3 is 1. The van der Waals surface area contributed by atoms with Crippen molar-refractivity contribution in [2.24, 2.45) is 11.3 Å². The van der Waals surface area contributed by atoms with Crippen LogP contribution in [0.5, 0.6) is 5.75 Å². The van der Waals surface area contributed by atoms with Gasteiger partial charge in [-0.25, -0.2) is 0 Å².